The van der Waals surface area contributed by atoms with Crippen LogP contribution in [0.1, 0.15) is 51.9 Å². The number of amides is 1. The Hall–Kier alpha value is -1.53. The topological polar surface area (TPSA) is 64.1 Å². The van der Waals surface area contributed by atoms with Crippen molar-refractivity contribution in [2.75, 3.05) is 19.8 Å². The van der Waals surface area contributed by atoms with Crippen molar-refractivity contribution in [2.24, 2.45) is 5.92 Å². The van der Waals surface area contributed by atoms with E-state index in [0.29, 0.717) is 18.4 Å². The first-order valence-electron chi connectivity index (χ1n) is 8.27. The Morgan fingerprint density at radius 2 is 2.13 bits per heavy atom. The highest BCUT2D eigenvalue weighted by Crippen LogP contribution is 2.40. The van der Waals surface area contributed by atoms with Gasteiger partial charge in [0.15, 0.2) is 0 Å². The van der Waals surface area contributed by atoms with Gasteiger partial charge in [0.05, 0.1) is 17.2 Å². The minimum atomic E-state index is 0.00442. The van der Waals surface area contributed by atoms with E-state index in [2.05, 4.69) is 10.3 Å². The molecule has 23 heavy (non-hydrogen) atoms. The Bertz CT molecular complexity index is 761. The van der Waals surface area contributed by atoms with E-state index < -0.39 is 0 Å². The molecule has 5 nitrogen and oxygen atoms in total. The van der Waals surface area contributed by atoms with Crippen LogP contribution in [-0.4, -0.2) is 35.6 Å². The summed E-state index contributed by atoms with van der Waals surface area (Å²) < 4.78 is 5.36. The van der Waals surface area contributed by atoms with Crippen LogP contribution in [0.3, 0.4) is 0 Å². The molecule has 1 amide bonds. The van der Waals surface area contributed by atoms with Gasteiger partial charge in [-0.1, -0.05) is 0 Å². The Morgan fingerprint density at radius 3 is 2.83 bits per heavy atom. The molecule has 0 spiro atoms. The van der Waals surface area contributed by atoms with Crippen LogP contribution in [0.2, 0.25) is 0 Å². The van der Waals surface area contributed by atoms with Gasteiger partial charge < -0.3 is 10.1 Å². The van der Waals surface area contributed by atoms with Crippen LogP contribution in [0.15, 0.2) is 0 Å². The molecule has 2 aliphatic rings. The number of aromatic nitrogens is 2. The zero-order valence-corrected chi connectivity index (χ0v) is 14.3. The van der Waals surface area contributed by atoms with Crippen molar-refractivity contribution in [2.45, 2.75) is 39.0 Å². The van der Waals surface area contributed by atoms with E-state index in [1.165, 1.54) is 24.2 Å². The molecule has 2 fully saturated rings. The summed E-state index contributed by atoms with van der Waals surface area (Å²) >= 11 is 1.49. The molecule has 0 aromatic carbocycles. The van der Waals surface area contributed by atoms with Crippen LogP contribution in [0.25, 0.3) is 10.2 Å². The zero-order valence-electron chi connectivity index (χ0n) is 13.5. The number of nitrogens with one attached hydrogen (secondary N) is 1. The van der Waals surface area contributed by atoms with Crippen LogP contribution in [-0.2, 0) is 4.74 Å². The third kappa shape index (κ3) is 2.85. The van der Waals surface area contributed by atoms with Crippen LogP contribution < -0.4 is 5.32 Å². The molecule has 2 aromatic rings. The first-order valence-corrected chi connectivity index (χ1v) is 9.08. The Balaban J connectivity index is 1.60. The summed E-state index contributed by atoms with van der Waals surface area (Å²) in [5.74, 6) is 1.92. The van der Waals surface area contributed by atoms with Crippen LogP contribution in [0.5, 0.6) is 0 Å². The third-order valence-electron chi connectivity index (χ3n) is 4.71. The molecule has 0 radical (unpaired) electrons. The highest BCUT2D eigenvalue weighted by molar-refractivity contribution is 7.20. The fourth-order valence-electron chi connectivity index (χ4n) is 3.16. The summed E-state index contributed by atoms with van der Waals surface area (Å²) in [4.78, 5) is 23.6. The molecular weight excluding hydrogens is 310 g/mol. The smallest absolute Gasteiger partial charge is 0.261 e. The second-order valence-electron chi connectivity index (χ2n) is 6.62. The van der Waals surface area contributed by atoms with Crippen LogP contribution >= 0.6 is 11.3 Å². The number of rotatable bonds is 4. The normalized spacial score (nSPS) is 21.0. The maximum absolute atomic E-state index is 12.5. The standard InChI is InChI=1S/C17H21N3O2S/c1-9-13-10(2)19-15(12-3-4-12)20-17(13)23-14(9)16(21)18-7-11-5-6-22-8-11/h11-12H,3-8H2,1-2H3,(H,18,21)/t11-/m1/s1. The summed E-state index contributed by atoms with van der Waals surface area (Å²) in [6.07, 6.45) is 3.40. The zero-order chi connectivity index (χ0) is 16.0. The molecule has 0 unspecified atom stereocenters. The first kappa shape index (κ1) is 15.0. The van der Waals surface area contributed by atoms with E-state index in [1.807, 2.05) is 13.8 Å². The van der Waals surface area contributed by atoms with Gasteiger partial charge in [0.25, 0.3) is 5.91 Å². The molecular formula is C17H21N3O2S. The van der Waals surface area contributed by atoms with Gasteiger partial charge in [-0.3, -0.25) is 4.79 Å². The van der Waals surface area contributed by atoms with Crippen LogP contribution in [0, 0.1) is 19.8 Å². The highest BCUT2D eigenvalue weighted by atomic mass is 32.1. The number of aryl methyl sites for hydroxylation is 2. The van der Waals surface area contributed by atoms with Gasteiger partial charge in [-0.05, 0) is 38.7 Å². The van der Waals surface area contributed by atoms with Gasteiger partial charge >= 0.3 is 0 Å². The number of fused-ring (bicyclic) bond motifs is 1. The minimum absolute atomic E-state index is 0.00442. The lowest BCUT2D eigenvalue weighted by Gasteiger charge is -2.08. The van der Waals surface area contributed by atoms with E-state index in [9.17, 15) is 4.79 Å². The number of thiophene rings is 1. The summed E-state index contributed by atoms with van der Waals surface area (Å²) in [5.41, 5.74) is 2.00. The van der Waals surface area contributed by atoms with Gasteiger partial charge in [0.1, 0.15) is 10.7 Å². The number of hydrogen-bond acceptors (Lipinski definition) is 5. The molecule has 3 heterocycles. The van der Waals surface area contributed by atoms with E-state index in [4.69, 9.17) is 9.72 Å². The summed E-state index contributed by atoms with van der Waals surface area (Å²) in [7, 11) is 0. The summed E-state index contributed by atoms with van der Waals surface area (Å²) in [5, 5.41) is 4.10. The molecule has 1 saturated carbocycles. The quantitative estimate of drug-likeness (QED) is 0.935. The van der Waals surface area contributed by atoms with E-state index in [1.54, 1.807) is 0 Å². The van der Waals surface area contributed by atoms with Crippen molar-refractivity contribution in [3.63, 3.8) is 0 Å². The van der Waals surface area contributed by atoms with Gasteiger partial charge in [0.2, 0.25) is 0 Å². The molecule has 1 aliphatic carbocycles. The SMILES string of the molecule is Cc1nc(C2CC2)nc2sc(C(=O)NC[C@H]3CCOC3)c(C)c12. The van der Waals surface area contributed by atoms with Crippen molar-refractivity contribution >= 4 is 27.5 Å². The summed E-state index contributed by atoms with van der Waals surface area (Å²) in [6, 6.07) is 0. The number of hydrogen-bond donors (Lipinski definition) is 1. The molecule has 122 valence electrons. The van der Waals surface area contributed by atoms with E-state index in [0.717, 1.165) is 51.8 Å². The average Bonchev–Trinajstić information content (AvgIpc) is 3.15. The van der Waals surface area contributed by atoms with Crippen molar-refractivity contribution in [1.82, 2.24) is 15.3 Å². The predicted molar refractivity (Wildman–Crippen MR) is 90.1 cm³/mol. The molecule has 1 atom stereocenters. The predicted octanol–water partition coefficient (Wildman–Crippen LogP) is 2.95. The van der Waals surface area contributed by atoms with E-state index >= 15 is 0 Å². The second kappa shape index (κ2) is 5.83. The number of nitrogens with zero attached hydrogens (tertiary/aromatic N) is 2. The van der Waals surface area contributed by atoms with Gasteiger partial charge in [-0.25, -0.2) is 9.97 Å². The van der Waals surface area contributed by atoms with Crippen molar-refractivity contribution in [3.8, 4) is 0 Å². The fraction of sp³-hybridized carbons (Fsp3) is 0.588. The largest absolute Gasteiger partial charge is 0.381 e. The van der Waals surface area contributed by atoms with Crippen molar-refractivity contribution in [1.29, 1.82) is 0 Å². The lowest BCUT2D eigenvalue weighted by atomic mass is 10.1. The fourth-order valence-corrected chi connectivity index (χ4v) is 4.32. The highest BCUT2D eigenvalue weighted by Gasteiger charge is 2.28. The number of ether oxygens (including phenoxy) is 1. The first-order chi connectivity index (χ1) is 11.1. The number of carbonyl (C=O) groups excluding carboxylic acids is 1. The Labute approximate surface area is 139 Å². The molecule has 4 rings (SSSR count). The van der Waals surface area contributed by atoms with Gasteiger partial charge in [0, 0.05) is 30.4 Å². The number of carbonyl (C=O) groups is 1. The Kier molecular flexibility index (Phi) is 3.81. The lowest BCUT2D eigenvalue weighted by molar-refractivity contribution is 0.0948. The molecule has 6 heteroatoms. The minimum Gasteiger partial charge on any atom is -0.381 e. The van der Waals surface area contributed by atoms with Crippen molar-refractivity contribution in [3.05, 3.63) is 22.0 Å². The monoisotopic (exact) mass is 331 g/mol. The lowest BCUT2D eigenvalue weighted by Crippen LogP contribution is -2.29. The van der Waals surface area contributed by atoms with Gasteiger partial charge in [-0.15, -0.1) is 11.3 Å². The molecule has 2 aromatic heterocycles. The van der Waals surface area contributed by atoms with Crippen LogP contribution in [0.4, 0.5) is 0 Å². The maximum atomic E-state index is 12.5. The molecule has 0 bridgehead atoms. The molecule has 1 saturated heterocycles. The average molecular weight is 331 g/mol. The summed E-state index contributed by atoms with van der Waals surface area (Å²) in [6.45, 7) is 6.26. The van der Waals surface area contributed by atoms with Crippen molar-refractivity contribution < 1.29 is 9.53 Å². The second-order valence-corrected chi connectivity index (χ2v) is 7.62. The third-order valence-corrected chi connectivity index (χ3v) is 5.90. The van der Waals surface area contributed by atoms with Gasteiger partial charge in [-0.2, -0.15) is 0 Å². The molecule has 1 aliphatic heterocycles. The molecule has 1 N–H and O–H groups in total. The Morgan fingerprint density at radius 1 is 1.30 bits per heavy atom. The maximum Gasteiger partial charge on any atom is 0.261 e. The van der Waals surface area contributed by atoms with E-state index in [-0.39, 0.29) is 5.91 Å².